The second-order valence-corrected chi connectivity index (χ2v) is 27.9. The number of aliphatic hydroxyl groups is 19. The highest BCUT2D eigenvalue weighted by atomic mass is 32.2. The van der Waals surface area contributed by atoms with Gasteiger partial charge in [-0.15, -0.1) is 0 Å². The van der Waals surface area contributed by atoms with Gasteiger partial charge in [-0.05, 0) is 14.0 Å². The van der Waals surface area contributed by atoms with E-state index in [4.69, 9.17) is 75.8 Å². The van der Waals surface area contributed by atoms with E-state index in [0.29, 0.717) is 0 Å². The van der Waals surface area contributed by atoms with Crippen molar-refractivity contribution < 1.29 is 202 Å². The molecule has 22 N–H and O–H groups in total. The number of carbonyl (C=O) groups excluding carboxylic acids is 2. The first-order valence-electron chi connectivity index (χ1n) is 33.2. The molecule has 21 aliphatic heterocycles. The molecule has 0 aliphatic carbocycles. The summed E-state index contributed by atoms with van der Waals surface area (Å²) >= 11 is 1.66. The molecule has 21 saturated heterocycles. The van der Waals surface area contributed by atoms with Gasteiger partial charge in [0.1, 0.15) is 176 Å². The summed E-state index contributed by atoms with van der Waals surface area (Å²) < 4.78 is 93.3. The molecule has 0 aromatic heterocycles. The zero-order valence-electron chi connectivity index (χ0n) is 55.5. The lowest BCUT2D eigenvalue weighted by Gasteiger charge is -2.50. The van der Waals surface area contributed by atoms with Crippen molar-refractivity contribution in [3.8, 4) is 0 Å². The number of hydrogen-bond acceptors (Lipinski definition) is 42. The molecule has 42 nitrogen and oxygen atoms in total. The van der Waals surface area contributed by atoms with E-state index in [1.165, 1.54) is 14.0 Å². The van der Waals surface area contributed by atoms with Crippen LogP contribution < -0.4 is 5.32 Å². The maximum atomic E-state index is 13.0. The smallest absolute Gasteiger partial charge is 0.321 e. The van der Waals surface area contributed by atoms with Crippen molar-refractivity contribution in [1.29, 1.82) is 0 Å². The predicted molar refractivity (Wildman–Crippen MR) is 332 cm³/mol. The number of nitrogens with one attached hydrogen (secondary N) is 1. The molecule has 37 atom stereocenters. The number of rotatable bonds is 27. The Morgan fingerprint density at radius 3 is 0.845 bits per heavy atom. The Kier molecular flexibility index (Phi) is 33.4. The van der Waals surface area contributed by atoms with Gasteiger partial charge in [0.25, 0.3) is 0 Å². The minimum atomic E-state index is -2.31. The van der Waals surface area contributed by atoms with Crippen LogP contribution in [0.5, 0.6) is 0 Å². The van der Waals surface area contributed by atoms with E-state index in [9.17, 15) is 126 Å². The maximum absolute atomic E-state index is 13.0. The number of aliphatic carboxylic acids is 2. The largest absolute Gasteiger partial charge is 0.481 e. The SMILES string of the molecule is CN[C@H](CSCC1O[C@H]2O[C@@H]3C(CO)O[C@H](O[C@@H]4C(CO)O[C@H](O[C@@H]5C(CO)O[C@H](O[C@@H]6C(CSC[C@@H](CC(=O)CCOCCOCCC(C)=O)C(=O)O)O[C@H](O[C@@H]7C(CO)O[C@@H](O[C@@H]8C(CO)O[C@H](O[C@H]1[C@H](O)C2O)C(O)[C@H]8O)C(O)[C@H]7O)C(O)[C@H]6O)C(O)[C@H]5O)C(O)[C@H]4O)C(O)[C@H]3O)C(=O)O. The third-order valence-electron chi connectivity index (χ3n) is 18.6. The zero-order chi connectivity index (χ0) is 75.4. The lowest BCUT2D eigenvalue weighted by molar-refractivity contribution is -0.395. The number of thioether (sulfide) groups is 2. The molecule has 14 bridgehead atoms. The van der Waals surface area contributed by atoms with Gasteiger partial charge in [0, 0.05) is 42.3 Å². The van der Waals surface area contributed by atoms with Crippen molar-refractivity contribution in [3.63, 3.8) is 0 Å². The van der Waals surface area contributed by atoms with Crippen molar-refractivity contribution in [2.45, 2.75) is 247 Å². The van der Waals surface area contributed by atoms with Gasteiger partial charge in [0.05, 0.1) is 77.6 Å². The summed E-state index contributed by atoms with van der Waals surface area (Å²) in [4.78, 5) is 48.7. The highest BCUT2D eigenvalue weighted by molar-refractivity contribution is 7.99. The summed E-state index contributed by atoms with van der Waals surface area (Å²) in [7, 11) is 1.35. The molecule has 0 aromatic rings. The van der Waals surface area contributed by atoms with E-state index in [1.807, 2.05) is 0 Å². The van der Waals surface area contributed by atoms with Crippen LogP contribution >= 0.6 is 23.5 Å². The maximum Gasteiger partial charge on any atom is 0.321 e. The number of Topliss-reactive ketones (excluding diaryl/α,β-unsaturated/α-hetero) is 2. The lowest BCUT2D eigenvalue weighted by atomic mass is 9.95. The summed E-state index contributed by atoms with van der Waals surface area (Å²) in [6.07, 6.45) is -73.1. The summed E-state index contributed by atoms with van der Waals surface area (Å²) in [5, 5.41) is 239. The van der Waals surface area contributed by atoms with Crippen molar-refractivity contribution >= 4 is 47.0 Å². The van der Waals surface area contributed by atoms with Gasteiger partial charge >= 0.3 is 11.9 Å². The molecule has 21 heterocycles. The molecule has 596 valence electrons. The molecule has 0 aromatic carbocycles. The van der Waals surface area contributed by atoms with E-state index in [1.54, 1.807) is 0 Å². The van der Waals surface area contributed by atoms with Gasteiger partial charge in [-0.2, -0.15) is 23.5 Å². The van der Waals surface area contributed by atoms with Crippen LogP contribution in [-0.4, -0.2) is 441 Å². The number of ether oxygens (including phenoxy) is 16. The molecule has 44 heteroatoms. The minimum Gasteiger partial charge on any atom is -0.481 e. The molecule has 21 aliphatic rings. The summed E-state index contributed by atoms with van der Waals surface area (Å²) in [5.41, 5.74) is 0. The van der Waals surface area contributed by atoms with Gasteiger partial charge in [0.2, 0.25) is 0 Å². The molecule has 21 fully saturated rings. The van der Waals surface area contributed by atoms with Crippen LogP contribution in [0.3, 0.4) is 0 Å². The number of carbonyl (C=O) groups is 4. The first-order valence-corrected chi connectivity index (χ1v) is 35.5. The van der Waals surface area contributed by atoms with Crippen LogP contribution in [0.4, 0.5) is 0 Å². The number of ketones is 2. The predicted octanol–water partition coefficient (Wildman–Crippen LogP) is -13.0. The minimum absolute atomic E-state index is 0.0645. The third-order valence-corrected chi connectivity index (χ3v) is 20.9. The van der Waals surface area contributed by atoms with Crippen LogP contribution in [0.1, 0.15) is 26.2 Å². The quantitative estimate of drug-likeness (QED) is 0.0340. The molecule has 0 spiro atoms. The van der Waals surface area contributed by atoms with Crippen molar-refractivity contribution in [1.82, 2.24) is 5.32 Å². The highest BCUT2D eigenvalue weighted by Crippen LogP contribution is 2.40. The monoisotopic (exact) mass is 1540 g/mol. The molecule has 21 rings (SSSR count). The van der Waals surface area contributed by atoms with Crippen molar-refractivity contribution in [2.75, 3.05) is 89.5 Å². The van der Waals surface area contributed by atoms with E-state index in [0.717, 1.165) is 23.5 Å². The Morgan fingerprint density at radius 1 is 0.350 bits per heavy atom. The second-order valence-electron chi connectivity index (χ2n) is 25.7. The molecular weight excluding hydrogens is 1440 g/mol. The van der Waals surface area contributed by atoms with Crippen LogP contribution in [0.2, 0.25) is 0 Å². The molecular formula is C59H97NO41S2. The summed E-state index contributed by atoms with van der Waals surface area (Å²) in [6.45, 7) is -3.91. The summed E-state index contributed by atoms with van der Waals surface area (Å²) in [5.74, 6) is -6.08. The van der Waals surface area contributed by atoms with E-state index in [-0.39, 0.29) is 62.3 Å². The number of aliphatic hydroxyl groups excluding tert-OH is 19. The fraction of sp³-hybridized carbons (Fsp3) is 0.932. The Labute approximate surface area is 595 Å². The number of likely N-dealkylation sites (N-methyl/N-ethyl adjacent to an activating group) is 1. The van der Waals surface area contributed by atoms with Crippen LogP contribution in [0.25, 0.3) is 0 Å². The average Bonchev–Trinajstić information content (AvgIpc) is 0.785. The lowest BCUT2D eigenvalue weighted by Crippen LogP contribution is -2.68. The number of carboxylic acids is 2. The van der Waals surface area contributed by atoms with Crippen molar-refractivity contribution in [2.24, 2.45) is 5.92 Å². The van der Waals surface area contributed by atoms with Crippen molar-refractivity contribution in [3.05, 3.63) is 0 Å². The zero-order valence-corrected chi connectivity index (χ0v) is 57.2. The van der Waals surface area contributed by atoms with E-state index >= 15 is 0 Å². The average molecular weight is 1540 g/mol. The van der Waals surface area contributed by atoms with Gasteiger partial charge in [-0.1, -0.05) is 0 Å². The molecule has 14 unspecified atom stereocenters. The first-order chi connectivity index (χ1) is 49.0. The number of carboxylic acid groups (broad SMARTS) is 2. The second kappa shape index (κ2) is 40.0. The van der Waals surface area contributed by atoms with Gasteiger partial charge in [-0.3, -0.25) is 19.2 Å². The van der Waals surface area contributed by atoms with E-state index < -0.39 is 290 Å². The molecule has 103 heavy (non-hydrogen) atoms. The first kappa shape index (κ1) is 86.1. The number of hydrogen-bond donors (Lipinski definition) is 22. The van der Waals surface area contributed by atoms with Crippen LogP contribution in [-0.2, 0) is 95.0 Å². The Hall–Kier alpha value is -2.46. The normalized spacial score (nSPS) is 44.9. The van der Waals surface area contributed by atoms with Gasteiger partial charge in [0.15, 0.2) is 44.0 Å². The fourth-order valence-electron chi connectivity index (χ4n) is 12.6. The van der Waals surface area contributed by atoms with Gasteiger partial charge < -0.3 is 188 Å². The standard InChI is InChI=1S/C59H97NO41S2/c1-19(66)3-5-86-7-8-87-6-4-21(67)9-20(51(82)83)15-102-17-28-49-35(73)42(80)58(93-28)98-47-26(13-64)89-55(38(76)31(47)69)97-46-25(12-63)92-57(41(79)34(46)72)101-50-29(18-103-16-22(60-2)52(84)85)94-59(43(81)36(50)74)99-48-27(14-65)90-54(39(77)32(48)70)95-44-23(10-61)88-53(37(75)30(44)68)96-45-24(11-62)91-56(100-49)40(78)33(45)71/h20,22-50,53-65,68-81H,3-18H2,1-2H3,(H,82,83)(H,84,85)/t20-,22-,23?,24?,25?,26?,27?,28?,29?,30-,31-,32-,33-,34-,35-,36-,37?,38?,39?,40?,41?,42?,43?,44-,45-,46-,47-,48-,49-,50-,53-,54-,55+,56-,57-,58-,59+/m1/s1. The highest BCUT2D eigenvalue weighted by Gasteiger charge is 2.60. The third kappa shape index (κ3) is 21.0. The molecule has 0 radical (unpaired) electrons. The Balaban J connectivity index is 1.08. The topological polar surface area (TPSA) is 653 Å². The van der Waals surface area contributed by atoms with Crippen LogP contribution in [0.15, 0.2) is 0 Å². The summed E-state index contributed by atoms with van der Waals surface area (Å²) in [6, 6.07) is -1.18. The van der Waals surface area contributed by atoms with E-state index in [2.05, 4.69) is 5.32 Å². The molecule has 0 amide bonds. The Morgan fingerprint density at radius 2 is 0.602 bits per heavy atom. The Bertz CT molecular complexity index is 2610. The van der Waals surface area contributed by atoms with Crippen LogP contribution in [0, 0.1) is 5.92 Å². The fourth-order valence-corrected chi connectivity index (χ4v) is 15.0. The molecule has 0 saturated carbocycles. The van der Waals surface area contributed by atoms with Gasteiger partial charge in [-0.25, -0.2) is 0 Å².